The molecule has 2 N–H and O–H groups in total. The fourth-order valence-corrected chi connectivity index (χ4v) is 3.05. The number of urea groups is 1. The molecule has 1 aliphatic rings. The third kappa shape index (κ3) is 6.08. The van der Waals surface area contributed by atoms with Gasteiger partial charge >= 0.3 is 6.03 Å². The molecule has 5 nitrogen and oxygen atoms in total. The number of amides is 2. The Kier molecular flexibility index (Phi) is 6.90. The van der Waals surface area contributed by atoms with Crippen molar-refractivity contribution >= 4 is 11.7 Å². The van der Waals surface area contributed by atoms with Crippen LogP contribution >= 0.6 is 0 Å². The highest BCUT2D eigenvalue weighted by Crippen LogP contribution is 2.19. The van der Waals surface area contributed by atoms with Gasteiger partial charge in [0, 0.05) is 12.2 Å². The van der Waals surface area contributed by atoms with Gasteiger partial charge in [-0.3, -0.25) is 0 Å². The summed E-state index contributed by atoms with van der Waals surface area (Å²) in [6.07, 6.45) is 9.79. The molecule has 2 amide bonds. The Balaban J connectivity index is 1.39. The zero-order valence-electron chi connectivity index (χ0n) is 15.0. The molecule has 0 saturated carbocycles. The molecule has 0 spiro atoms. The molecule has 0 atom stereocenters. The van der Waals surface area contributed by atoms with Crippen LogP contribution in [0.3, 0.4) is 0 Å². The van der Waals surface area contributed by atoms with Gasteiger partial charge in [0.25, 0.3) is 0 Å². The summed E-state index contributed by atoms with van der Waals surface area (Å²) < 4.78 is 10.9. The van der Waals surface area contributed by atoms with Gasteiger partial charge in [-0.1, -0.05) is 23.8 Å². The molecule has 0 unspecified atom stereocenters. The molecular formula is C21H26N2O3. The van der Waals surface area contributed by atoms with E-state index in [1.54, 1.807) is 6.26 Å². The summed E-state index contributed by atoms with van der Waals surface area (Å²) in [7, 11) is 0. The van der Waals surface area contributed by atoms with Crippen LogP contribution in [-0.4, -0.2) is 12.6 Å². The minimum Gasteiger partial charge on any atom is -0.467 e. The van der Waals surface area contributed by atoms with Crippen LogP contribution in [0.1, 0.15) is 43.4 Å². The highest BCUT2D eigenvalue weighted by atomic mass is 16.5. The zero-order chi connectivity index (χ0) is 18.0. The Labute approximate surface area is 154 Å². The maximum Gasteiger partial charge on any atom is 0.319 e. The fraction of sp³-hybridized carbons (Fsp3) is 0.381. The Bertz CT molecular complexity index is 723. The molecule has 26 heavy (non-hydrogen) atoms. The quantitative estimate of drug-likeness (QED) is 0.655. The number of hydrogen-bond donors (Lipinski definition) is 2. The van der Waals surface area contributed by atoms with Gasteiger partial charge in [0.05, 0.1) is 12.9 Å². The van der Waals surface area contributed by atoms with Crippen LogP contribution in [0.5, 0.6) is 0 Å². The Morgan fingerprint density at radius 2 is 2.12 bits per heavy atom. The first-order chi connectivity index (χ1) is 12.8. The van der Waals surface area contributed by atoms with E-state index >= 15 is 0 Å². The molecule has 0 saturated heterocycles. The molecule has 3 rings (SSSR count). The minimum absolute atomic E-state index is 0.171. The standard InChI is InChI=1S/C21H26N2O3/c24-21(22-12-11-17-6-2-1-3-7-17)23-19-9-4-8-18(14-19)15-25-16-20-10-5-13-26-20/h4-6,8-10,13-14H,1-3,7,11-12,15-16H2,(H2,22,23,24). The van der Waals surface area contributed by atoms with E-state index in [1.807, 2.05) is 36.4 Å². The number of anilines is 1. The van der Waals surface area contributed by atoms with Gasteiger partial charge in [-0.2, -0.15) is 0 Å². The average Bonchev–Trinajstić information content (AvgIpc) is 3.16. The van der Waals surface area contributed by atoms with Crippen molar-refractivity contribution in [3.05, 3.63) is 65.6 Å². The van der Waals surface area contributed by atoms with Gasteiger partial charge in [-0.05, 0) is 61.9 Å². The number of hydrogen-bond acceptors (Lipinski definition) is 3. The summed E-state index contributed by atoms with van der Waals surface area (Å²) in [4.78, 5) is 12.0. The lowest BCUT2D eigenvalue weighted by Gasteiger charge is -2.13. The molecule has 0 aliphatic heterocycles. The van der Waals surface area contributed by atoms with Crippen molar-refractivity contribution < 1.29 is 13.9 Å². The third-order valence-corrected chi connectivity index (χ3v) is 4.39. The van der Waals surface area contributed by atoms with Crippen LogP contribution in [-0.2, 0) is 18.0 Å². The van der Waals surface area contributed by atoms with Gasteiger partial charge in [0.15, 0.2) is 0 Å². The van der Waals surface area contributed by atoms with Crippen molar-refractivity contribution in [3.8, 4) is 0 Å². The zero-order valence-corrected chi connectivity index (χ0v) is 15.0. The number of rotatable bonds is 8. The summed E-state index contributed by atoms with van der Waals surface area (Å²) >= 11 is 0. The van der Waals surface area contributed by atoms with E-state index in [9.17, 15) is 4.79 Å². The highest BCUT2D eigenvalue weighted by molar-refractivity contribution is 5.89. The van der Waals surface area contributed by atoms with Gasteiger partial charge in [-0.25, -0.2) is 4.79 Å². The van der Waals surface area contributed by atoms with E-state index in [1.165, 1.54) is 31.3 Å². The summed E-state index contributed by atoms with van der Waals surface area (Å²) in [6.45, 7) is 1.57. The van der Waals surface area contributed by atoms with Crippen LogP contribution in [0.25, 0.3) is 0 Å². The molecule has 1 aliphatic carbocycles. The topological polar surface area (TPSA) is 63.5 Å². The molecule has 1 aromatic heterocycles. The summed E-state index contributed by atoms with van der Waals surface area (Å²) in [5.74, 6) is 0.798. The largest absolute Gasteiger partial charge is 0.467 e. The third-order valence-electron chi connectivity index (χ3n) is 4.39. The van der Waals surface area contributed by atoms with Gasteiger partial charge in [-0.15, -0.1) is 0 Å². The molecule has 1 aromatic carbocycles. The van der Waals surface area contributed by atoms with Crippen molar-refractivity contribution in [3.63, 3.8) is 0 Å². The van der Waals surface area contributed by atoms with E-state index in [0.29, 0.717) is 19.8 Å². The van der Waals surface area contributed by atoms with E-state index in [4.69, 9.17) is 9.15 Å². The van der Waals surface area contributed by atoms with Crippen molar-refractivity contribution in [1.82, 2.24) is 5.32 Å². The first kappa shape index (κ1) is 18.3. The molecule has 0 fully saturated rings. The number of benzene rings is 1. The molecule has 138 valence electrons. The van der Waals surface area contributed by atoms with Gasteiger partial charge in [0.2, 0.25) is 0 Å². The molecule has 1 heterocycles. The van der Waals surface area contributed by atoms with Crippen molar-refractivity contribution in [2.45, 2.75) is 45.3 Å². The predicted molar refractivity (Wildman–Crippen MR) is 102 cm³/mol. The summed E-state index contributed by atoms with van der Waals surface area (Å²) in [6, 6.07) is 11.2. The molecule has 0 radical (unpaired) electrons. The van der Waals surface area contributed by atoms with Crippen LogP contribution in [0.2, 0.25) is 0 Å². The minimum atomic E-state index is -0.171. The first-order valence-corrected chi connectivity index (χ1v) is 9.21. The predicted octanol–water partition coefficient (Wildman–Crippen LogP) is 5.01. The van der Waals surface area contributed by atoms with Gasteiger partial charge in [0.1, 0.15) is 12.4 Å². The number of allylic oxidation sites excluding steroid dienone is 1. The van der Waals surface area contributed by atoms with Gasteiger partial charge < -0.3 is 19.8 Å². The van der Waals surface area contributed by atoms with E-state index in [-0.39, 0.29) is 6.03 Å². The Hall–Kier alpha value is -2.53. The van der Waals surface area contributed by atoms with Crippen molar-refractivity contribution in [1.29, 1.82) is 0 Å². The molecular weight excluding hydrogens is 328 g/mol. The molecule has 0 bridgehead atoms. The highest BCUT2D eigenvalue weighted by Gasteiger charge is 2.06. The lowest BCUT2D eigenvalue weighted by molar-refractivity contribution is 0.0930. The van der Waals surface area contributed by atoms with E-state index in [2.05, 4.69) is 16.7 Å². The maximum atomic E-state index is 12.0. The number of ether oxygens (including phenoxy) is 1. The number of carbonyl (C=O) groups is 1. The lowest BCUT2D eigenvalue weighted by atomic mass is 9.97. The van der Waals surface area contributed by atoms with Crippen molar-refractivity contribution in [2.24, 2.45) is 0 Å². The number of furan rings is 1. The van der Waals surface area contributed by atoms with Crippen molar-refractivity contribution in [2.75, 3.05) is 11.9 Å². The van der Waals surface area contributed by atoms with E-state index in [0.717, 1.165) is 23.4 Å². The molecule has 5 heteroatoms. The maximum absolute atomic E-state index is 12.0. The number of nitrogens with one attached hydrogen (secondary N) is 2. The lowest BCUT2D eigenvalue weighted by Crippen LogP contribution is -2.29. The second kappa shape index (κ2) is 9.82. The van der Waals surface area contributed by atoms with Crippen LogP contribution < -0.4 is 10.6 Å². The summed E-state index contributed by atoms with van der Waals surface area (Å²) in [5.41, 5.74) is 3.23. The monoisotopic (exact) mass is 354 g/mol. The molecule has 2 aromatic rings. The Morgan fingerprint density at radius 3 is 2.92 bits per heavy atom. The normalized spacial score (nSPS) is 13.9. The second-order valence-electron chi connectivity index (χ2n) is 6.51. The van der Waals surface area contributed by atoms with E-state index < -0.39 is 0 Å². The van der Waals surface area contributed by atoms with Crippen LogP contribution in [0.15, 0.2) is 58.7 Å². The summed E-state index contributed by atoms with van der Waals surface area (Å²) in [5, 5.41) is 5.81. The van der Waals surface area contributed by atoms with Crippen LogP contribution in [0, 0.1) is 0 Å². The number of carbonyl (C=O) groups excluding carboxylic acids is 1. The van der Waals surface area contributed by atoms with Crippen LogP contribution in [0.4, 0.5) is 10.5 Å². The first-order valence-electron chi connectivity index (χ1n) is 9.21. The fourth-order valence-electron chi connectivity index (χ4n) is 3.05. The second-order valence-corrected chi connectivity index (χ2v) is 6.51. The Morgan fingerprint density at radius 1 is 1.15 bits per heavy atom. The average molecular weight is 354 g/mol. The smallest absolute Gasteiger partial charge is 0.319 e. The SMILES string of the molecule is O=C(NCCC1=CCCCC1)Nc1cccc(COCc2ccco2)c1.